The highest BCUT2D eigenvalue weighted by molar-refractivity contribution is 5.81. The maximum Gasteiger partial charge on any atom is 0.261 e. The molecule has 0 saturated carbocycles. The molecule has 0 radical (unpaired) electrons. The van der Waals surface area contributed by atoms with Gasteiger partial charge in [0.05, 0.1) is 13.2 Å². The van der Waals surface area contributed by atoms with Crippen LogP contribution in [0.25, 0.3) is 0 Å². The van der Waals surface area contributed by atoms with Gasteiger partial charge < -0.3 is 14.8 Å². The van der Waals surface area contributed by atoms with Crippen molar-refractivity contribution in [1.29, 1.82) is 0 Å². The van der Waals surface area contributed by atoms with Gasteiger partial charge in [0.15, 0.2) is 6.10 Å². The number of aryl methyl sites for hydroxylation is 2. The minimum Gasteiger partial charge on any atom is -0.497 e. The fraction of sp³-hybridized carbons (Fsp3) is 0.381. The molecule has 2 aromatic carbocycles. The minimum absolute atomic E-state index is 0.0731. The Balaban J connectivity index is 2.06. The van der Waals surface area contributed by atoms with Gasteiger partial charge in [0.2, 0.25) is 0 Å². The summed E-state index contributed by atoms with van der Waals surface area (Å²) in [7, 11) is 1.61. The van der Waals surface area contributed by atoms with Crippen LogP contribution in [0.5, 0.6) is 11.5 Å². The molecule has 2 atom stereocenters. The Bertz CT molecular complexity index is 727. The second-order valence-electron chi connectivity index (χ2n) is 6.28. The van der Waals surface area contributed by atoms with E-state index in [0.29, 0.717) is 17.9 Å². The lowest BCUT2D eigenvalue weighted by molar-refractivity contribution is -0.128. The van der Waals surface area contributed by atoms with Gasteiger partial charge in [-0.25, -0.2) is 0 Å². The summed E-state index contributed by atoms with van der Waals surface area (Å²) < 4.78 is 11.1. The fourth-order valence-corrected chi connectivity index (χ4v) is 2.86. The molecule has 0 aromatic heterocycles. The zero-order valence-corrected chi connectivity index (χ0v) is 15.6. The number of benzene rings is 2. The van der Waals surface area contributed by atoms with E-state index in [9.17, 15) is 4.79 Å². The number of nitrogens with one attached hydrogen (secondary N) is 1. The Labute approximate surface area is 150 Å². The quantitative estimate of drug-likeness (QED) is 0.814. The normalized spacial score (nSPS) is 13.0. The lowest BCUT2D eigenvalue weighted by atomic mass is 10.00. The molecule has 134 valence electrons. The van der Waals surface area contributed by atoms with Crippen molar-refractivity contribution in [2.24, 2.45) is 0 Å². The van der Waals surface area contributed by atoms with E-state index >= 15 is 0 Å². The van der Waals surface area contributed by atoms with E-state index in [0.717, 1.165) is 5.56 Å². The first kappa shape index (κ1) is 18.8. The minimum atomic E-state index is -0.541. The van der Waals surface area contributed by atoms with Gasteiger partial charge in [-0.15, -0.1) is 0 Å². The van der Waals surface area contributed by atoms with Gasteiger partial charge in [0.25, 0.3) is 5.91 Å². The molecule has 2 rings (SSSR count). The molecule has 0 bridgehead atoms. The zero-order valence-electron chi connectivity index (χ0n) is 15.6. The monoisotopic (exact) mass is 341 g/mol. The number of ether oxygens (including phenoxy) is 2. The standard InChI is InChI=1S/C21H27NO3/c1-6-20(25-18-9-7-8-17(13-18)24-5)21(23)22-16(4)19-11-10-14(2)12-15(19)3/h7-13,16,20H,6H2,1-5H3,(H,22,23)/t16-,20-/m0/s1. The molecule has 0 aliphatic heterocycles. The second-order valence-corrected chi connectivity index (χ2v) is 6.28. The Kier molecular flexibility index (Phi) is 6.45. The first-order valence-electron chi connectivity index (χ1n) is 8.62. The predicted octanol–water partition coefficient (Wildman–Crippen LogP) is 4.35. The number of carbonyl (C=O) groups excluding carboxylic acids is 1. The van der Waals surface area contributed by atoms with Gasteiger partial charge in [-0.05, 0) is 50.5 Å². The van der Waals surface area contributed by atoms with Crippen LogP contribution in [0.3, 0.4) is 0 Å². The average molecular weight is 341 g/mol. The Morgan fingerprint density at radius 2 is 1.84 bits per heavy atom. The van der Waals surface area contributed by atoms with Crippen LogP contribution >= 0.6 is 0 Å². The van der Waals surface area contributed by atoms with Crippen molar-refractivity contribution in [2.45, 2.75) is 46.3 Å². The van der Waals surface area contributed by atoms with Crippen molar-refractivity contribution in [3.8, 4) is 11.5 Å². The highest BCUT2D eigenvalue weighted by atomic mass is 16.5. The molecule has 4 heteroatoms. The smallest absolute Gasteiger partial charge is 0.261 e. The Hall–Kier alpha value is -2.49. The zero-order chi connectivity index (χ0) is 18.4. The van der Waals surface area contributed by atoms with E-state index in [2.05, 4.69) is 37.4 Å². The van der Waals surface area contributed by atoms with Crippen molar-refractivity contribution >= 4 is 5.91 Å². The highest BCUT2D eigenvalue weighted by Crippen LogP contribution is 2.22. The highest BCUT2D eigenvalue weighted by Gasteiger charge is 2.21. The summed E-state index contributed by atoms with van der Waals surface area (Å²) in [6.45, 7) is 8.06. The van der Waals surface area contributed by atoms with Crippen molar-refractivity contribution in [3.05, 3.63) is 59.2 Å². The van der Waals surface area contributed by atoms with Gasteiger partial charge in [0.1, 0.15) is 11.5 Å². The van der Waals surface area contributed by atoms with Crippen LogP contribution in [-0.4, -0.2) is 19.1 Å². The van der Waals surface area contributed by atoms with Crippen LogP contribution in [0.4, 0.5) is 0 Å². The largest absolute Gasteiger partial charge is 0.497 e. The molecule has 0 saturated heterocycles. The molecule has 1 amide bonds. The summed E-state index contributed by atoms with van der Waals surface area (Å²) in [6, 6.07) is 13.5. The van der Waals surface area contributed by atoms with Crippen LogP contribution in [-0.2, 0) is 4.79 Å². The lowest BCUT2D eigenvalue weighted by Crippen LogP contribution is -2.39. The van der Waals surface area contributed by atoms with Gasteiger partial charge in [0, 0.05) is 6.07 Å². The third kappa shape index (κ3) is 4.99. The molecule has 0 heterocycles. The van der Waals surface area contributed by atoms with Gasteiger partial charge in [-0.3, -0.25) is 4.79 Å². The maximum atomic E-state index is 12.6. The summed E-state index contributed by atoms with van der Waals surface area (Å²) in [5, 5.41) is 3.06. The van der Waals surface area contributed by atoms with Crippen molar-refractivity contribution in [1.82, 2.24) is 5.32 Å². The summed E-state index contributed by atoms with van der Waals surface area (Å²) in [4.78, 5) is 12.6. The van der Waals surface area contributed by atoms with Gasteiger partial charge >= 0.3 is 0 Å². The topological polar surface area (TPSA) is 47.6 Å². The van der Waals surface area contributed by atoms with Crippen molar-refractivity contribution < 1.29 is 14.3 Å². The van der Waals surface area contributed by atoms with Crippen LogP contribution in [0.1, 0.15) is 43.0 Å². The molecule has 1 N–H and O–H groups in total. The molecule has 0 fully saturated rings. The van der Waals surface area contributed by atoms with Gasteiger partial charge in [-0.1, -0.05) is 36.8 Å². The molecule has 0 aliphatic rings. The number of rotatable bonds is 7. The molecule has 0 spiro atoms. The van der Waals surface area contributed by atoms with Crippen LogP contribution in [0.15, 0.2) is 42.5 Å². The molecular weight excluding hydrogens is 314 g/mol. The van der Waals surface area contributed by atoms with Crippen molar-refractivity contribution in [2.75, 3.05) is 7.11 Å². The van der Waals surface area contributed by atoms with Crippen LogP contribution in [0, 0.1) is 13.8 Å². The third-order valence-corrected chi connectivity index (χ3v) is 4.23. The second kappa shape index (κ2) is 8.56. The summed E-state index contributed by atoms with van der Waals surface area (Å²) in [6.07, 6.45) is 0.0446. The molecule has 25 heavy (non-hydrogen) atoms. The number of hydrogen-bond donors (Lipinski definition) is 1. The molecule has 0 unspecified atom stereocenters. The molecule has 4 nitrogen and oxygen atoms in total. The first-order valence-corrected chi connectivity index (χ1v) is 8.62. The molecule has 2 aromatic rings. The number of hydrogen-bond acceptors (Lipinski definition) is 3. The van der Waals surface area contributed by atoms with Gasteiger partial charge in [-0.2, -0.15) is 0 Å². The molecule has 0 aliphatic carbocycles. The summed E-state index contributed by atoms with van der Waals surface area (Å²) in [5.41, 5.74) is 3.51. The maximum absolute atomic E-state index is 12.6. The van der Waals surface area contributed by atoms with E-state index in [4.69, 9.17) is 9.47 Å². The van der Waals surface area contributed by atoms with Crippen LogP contribution in [0.2, 0.25) is 0 Å². The van der Waals surface area contributed by atoms with E-state index < -0.39 is 6.10 Å². The number of amides is 1. The SMILES string of the molecule is CC[C@H](Oc1cccc(OC)c1)C(=O)N[C@@H](C)c1ccc(C)cc1C. The Morgan fingerprint density at radius 1 is 1.12 bits per heavy atom. The number of carbonyl (C=O) groups is 1. The van der Waals surface area contributed by atoms with E-state index in [1.807, 2.05) is 32.0 Å². The third-order valence-electron chi connectivity index (χ3n) is 4.23. The lowest BCUT2D eigenvalue weighted by Gasteiger charge is -2.22. The van der Waals surface area contributed by atoms with E-state index in [1.54, 1.807) is 13.2 Å². The van der Waals surface area contributed by atoms with E-state index in [-0.39, 0.29) is 11.9 Å². The Morgan fingerprint density at radius 3 is 2.48 bits per heavy atom. The molecular formula is C21H27NO3. The van der Waals surface area contributed by atoms with Crippen LogP contribution < -0.4 is 14.8 Å². The van der Waals surface area contributed by atoms with Crippen molar-refractivity contribution in [3.63, 3.8) is 0 Å². The first-order chi connectivity index (χ1) is 11.9. The summed E-state index contributed by atoms with van der Waals surface area (Å²) in [5.74, 6) is 1.22. The van der Waals surface area contributed by atoms with E-state index in [1.165, 1.54) is 11.1 Å². The summed E-state index contributed by atoms with van der Waals surface area (Å²) >= 11 is 0. The fourth-order valence-electron chi connectivity index (χ4n) is 2.86. The predicted molar refractivity (Wildman–Crippen MR) is 100 cm³/mol. The average Bonchev–Trinajstić information content (AvgIpc) is 2.59. The number of methoxy groups -OCH3 is 1.